The van der Waals surface area contributed by atoms with Crippen molar-refractivity contribution in [3.8, 4) is 22.6 Å². The van der Waals surface area contributed by atoms with Crippen LogP contribution in [0.1, 0.15) is 5.56 Å². The molecule has 0 atom stereocenters. The van der Waals surface area contributed by atoms with E-state index in [1.54, 1.807) is 4.52 Å². The van der Waals surface area contributed by atoms with E-state index in [0.29, 0.717) is 11.5 Å². The van der Waals surface area contributed by atoms with E-state index in [2.05, 4.69) is 41.4 Å². The molecule has 0 spiro atoms. The zero-order valence-electron chi connectivity index (χ0n) is 12.6. The summed E-state index contributed by atoms with van der Waals surface area (Å²) >= 11 is 0. The number of hydrogen-bond donors (Lipinski definition) is 1. The van der Waals surface area contributed by atoms with Crippen molar-refractivity contribution in [2.75, 3.05) is 5.73 Å². The molecule has 112 valence electrons. The van der Waals surface area contributed by atoms with Gasteiger partial charge in [0, 0.05) is 16.8 Å². The number of benzene rings is 2. The Kier molecular flexibility index (Phi) is 3.05. The molecule has 4 aromatic rings. The number of aryl methyl sites for hydroxylation is 1. The fourth-order valence-electron chi connectivity index (χ4n) is 2.48. The normalized spacial score (nSPS) is 11.0. The van der Waals surface area contributed by atoms with Gasteiger partial charge in [0.05, 0.1) is 5.69 Å². The van der Waals surface area contributed by atoms with Gasteiger partial charge in [0.15, 0.2) is 11.5 Å². The Labute approximate surface area is 133 Å². The van der Waals surface area contributed by atoms with Crippen molar-refractivity contribution in [3.63, 3.8) is 0 Å². The van der Waals surface area contributed by atoms with E-state index in [9.17, 15) is 0 Å². The van der Waals surface area contributed by atoms with E-state index < -0.39 is 0 Å². The minimum atomic E-state index is 0.703. The van der Waals surface area contributed by atoms with E-state index >= 15 is 0 Å². The summed E-state index contributed by atoms with van der Waals surface area (Å²) < 4.78 is 1.76. The molecule has 2 heterocycles. The molecule has 0 saturated carbocycles. The Morgan fingerprint density at radius 2 is 1.48 bits per heavy atom. The lowest BCUT2D eigenvalue weighted by molar-refractivity contribution is 0.942. The number of rotatable bonds is 2. The molecule has 0 bridgehead atoms. The maximum atomic E-state index is 5.75. The monoisotopic (exact) mass is 301 g/mol. The van der Waals surface area contributed by atoms with Crippen LogP contribution in [-0.4, -0.2) is 19.8 Å². The van der Waals surface area contributed by atoms with Gasteiger partial charge in [0.1, 0.15) is 0 Å². The van der Waals surface area contributed by atoms with Gasteiger partial charge >= 0.3 is 0 Å². The van der Waals surface area contributed by atoms with Crippen molar-refractivity contribution < 1.29 is 0 Å². The summed E-state index contributed by atoms with van der Waals surface area (Å²) in [5.41, 5.74) is 11.3. The average Bonchev–Trinajstić information content (AvgIpc) is 2.99. The van der Waals surface area contributed by atoms with Gasteiger partial charge in [-0.1, -0.05) is 29.8 Å². The lowest BCUT2D eigenvalue weighted by Gasteiger charge is -2.04. The lowest BCUT2D eigenvalue weighted by atomic mass is 10.1. The molecule has 0 aliphatic rings. The highest BCUT2D eigenvalue weighted by Crippen LogP contribution is 2.22. The Bertz CT molecular complexity index is 969. The summed E-state index contributed by atoms with van der Waals surface area (Å²) in [6.45, 7) is 2.07. The van der Waals surface area contributed by atoms with Crippen LogP contribution >= 0.6 is 0 Å². The standard InChI is InChI=1S/C18H15N5/c1-12-2-4-13(5-3-12)16-10-11-17-20-21-18(23(17)22-16)14-6-8-15(19)9-7-14/h2-11H,19H2,1H3. The van der Waals surface area contributed by atoms with Crippen LogP contribution in [0.2, 0.25) is 0 Å². The van der Waals surface area contributed by atoms with Crippen LogP contribution in [0.25, 0.3) is 28.3 Å². The van der Waals surface area contributed by atoms with Gasteiger partial charge in [-0.05, 0) is 43.3 Å². The summed E-state index contributed by atoms with van der Waals surface area (Å²) in [6.07, 6.45) is 0. The first-order valence-electron chi connectivity index (χ1n) is 7.36. The van der Waals surface area contributed by atoms with E-state index in [0.717, 1.165) is 22.5 Å². The molecule has 2 aromatic heterocycles. The Hall–Kier alpha value is -3.21. The molecule has 0 aliphatic heterocycles. The third kappa shape index (κ3) is 2.42. The third-order valence-electron chi connectivity index (χ3n) is 3.78. The molecule has 5 nitrogen and oxygen atoms in total. The van der Waals surface area contributed by atoms with Crippen LogP contribution in [0, 0.1) is 6.92 Å². The van der Waals surface area contributed by atoms with Crippen molar-refractivity contribution in [2.45, 2.75) is 6.92 Å². The predicted octanol–water partition coefficient (Wildman–Crippen LogP) is 3.35. The summed E-state index contributed by atoms with van der Waals surface area (Å²) in [6, 6.07) is 19.7. The zero-order chi connectivity index (χ0) is 15.8. The van der Waals surface area contributed by atoms with E-state index in [4.69, 9.17) is 10.8 Å². The van der Waals surface area contributed by atoms with Crippen molar-refractivity contribution >= 4 is 11.3 Å². The minimum Gasteiger partial charge on any atom is -0.399 e. The number of nitrogen functional groups attached to an aromatic ring is 1. The smallest absolute Gasteiger partial charge is 0.185 e. The summed E-state index contributed by atoms with van der Waals surface area (Å²) in [4.78, 5) is 0. The van der Waals surface area contributed by atoms with Crippen molar-refractivity contribution in [1.29, 1.82) is 0 Å². The highest BCUT2D eigenvalue weighted by molar-refractivity contribution is 5.64. The highest BCUT2D eigenvalue weighted by atomic mass is 15.4. The van der Waals surface area contributed by atoms with Crippen LogP contribution in [0.3, 0.4) is 0 Å². The third-order valence-corrected chi connectivity index (χ3v) is 3.78. The van der Waals surface area contributed by atoms with Crippen molar-refractivity contribution in [2.24, 2.45) is 0 Å². The average molecular weight is 301 g/mol. The number of anilines is 1. The second-order valence-corrected chi connectivity index (χ2v) is 5.50. The fraction of sp³-hybridized carbons (Fsp3) is 0.0556. The van der Waals surface area contributed by atoms with Gasteiger partial charge < -0.3 is 5.73 Å². The van der Waals surface area contributed by atoms with E-state index in [1.807, 2.05) is 36.4 Å². The molecule has 0 saturated heterocycles. The number of fused-ring (bicyclic) bond motifs is 1. The van der Waals surface area contributed by atoms with Crippen molar-refractivity contribution in [3.05, 3.63) is 66.2 Å². The highest BCUT2D eigenvalue weighted by Gasteiger charge is 2.10. The molecule has 4 rings (SSSR count). The maximum absolute atomic E-state index is 5.75. The van der Waals surface area contributed by atoms with E-state index in [-0.39, 0.29) is 0 Å². The molecule has 0 radical (unpaired) electrons. The first-order valence-corrected chi connectivity index (χ1v) is 7.36. The Balaban J connectivity index is 1.86. The molecule has 0 unspecified atom stereocenters. The summed E-state index contributed by atoms with van der Waals surface area (Å²) in [7, 11) is 0. The minimum absolute atomic E-state index is 0.703. The first kappa shape index (κ1) is 13.5. The van der Waals surface area contributed by atoms with E-state index in [1.165, 1.54) is 5.56 Å². The fourth-order valence-corrected chi connectivity index (χ4v) is 2.48. The van der Waals surface area contributed by atoms with Gasteiger partial charge in [-0.3, -0.25) is 0 Å². The summed E-state index contributed by atoms with van der Waals surface area (Å²) in [5.74, 6) is 0.703. The Morgan fingerprint density at radius 3 is 2.22 bits per heavy atom. The SMILES string of the molecule is Cc1ccc(-c2ccc3nnc(-c4ccc(N)cc4)n3n2)cc1. The molecule has 5 heteroatoms. The number of hydrogen-bond acceptors (Lipinski definition) is 4. The second-order valence-electron chi connectivity index (χ2n) is 5.50. The van der Waals surface area contributed by atoms with Gasteiger partial charge in [0.2, 0.25) is 0 Å². The molecular weight excluding hydrogens is 286 g/mol. The quantitative estimate of drug-likeness (QED) is 0.576. The largest absolute Gasteiger partial charge is 0.399 e. The number of nitrogens with zero attached hydrogens (tertiary/aromatic N) is 4. The topological polar surface area (TPSA) is 69.1 Å². The summed E-state index contributed by atoms with van der Waals surface area (Å²) in [5, 5.41) is 13.1. The maximum Gasteiger partial charge on any atom is 0.185 e. The number of aromatic nitrogens is 4. The van der Waals surface area contributed by atoms with Gasteiger partial charge in [-0.2, -0.15) is 9.61 Å². The van der Waals surface area contributed by atoms with Gasteiger partial charge in [-0.15, -0.1) is 10.2 Å². The van der Waals surface area contributed by atoms with Gasteiger partial charge in [0.25, 0.3) is 0 Å². The van der Waals surface area contributed by atoms with Crippen LogP contribution in [0.4, 0.5) is 5.69 Å². The van der Waals surface area contributed by atoms with Crippen LogP contribution in [0.15, 0.2) is 60.7 Å². The molecular formula is C18H15N5. The van der Waals surface area contributed by atoms with Crippen LogP contribution < -0.4 is 5.73 Å². The second kappa shape index (κ2) is 5.21. The lowest BCUT2D eigenvalue weighted by Crippen LogP contribution is -1.97. The van der Waals surface area contributed by atoms with Crippen molar-refractivity contribution in [1.82, 2.24) is 19.8 Å². The molecule has 0 aliphatic carbocycles. The zero-order valence-corrected chi connectivity index (χ0v) is 12.6. The molecule has 23 heavy (non-hydrogen) atoms. The van der Waals surface area contributed by atoms with Crippen LogP contribution in [-0.2, 0) is 0 Å². The molecule has 0 fully saturated rings. The van der Waals surface area contributed by atoms with Crippen LogP contribution in [0.5, 0.6) is 0 Å². The molecule has 0 amide bonds. The molecule has 2 aromatic carbocycles. The number of nitrogens with two attached hydrogens (primary N) is 1. The first-order chi connectivity index (χ1) is 11.2. The predicted molar refractivity (Wildman–Crippen MR) is 90.8 cm³/mol. The Morgan fingerprint density at radius 1 is 0.783 bits per heavy atom. The molecule has 2 N–H and O–H groups in total. The van der Waals surface area contributed by atoms with Gasteiger partial charge in [-0.25, -0.2) is 0 Å².